The van der Waals surface area contributed by atoms with Crippen molar-refractivity contribution in [3.05, 3.63) is 65.8 Å². The molecule has 0 saturated heterocycles. The van der Waals surface area contributed by atoms with Gasteiger partial charge in [0.05, 0.1) is 0 Å². The third-order valence-electron chi connectivity index (χ3n) is 1.88. The van der Waals surface area contributed by atoms with Crippen LogP contribution in [0.3, 0.4) is 0 Å². The largest absolute Gasteiger partial charge is 0.0874 e. The standard InChI is InChI=1S/C14H16/c1-3-8-13(2)9-7-12-14-10-5-4-6-11-14/h3-12H,1-2H3/b8-3-,12-7+,13-9-. The summed E-state index contributed by atoms with van der Waals surface area (Å²) in [5.74, 6) is 0. The molecule has 1 rings (SSSR count). The molecule has 0 nitrogen and oxygen atoms in total. The van der Waals surface area contributed by atoms with E-state index in [1.54, 1.807) is 0 Å². The van der Waals surface area contributed by atoms with Crippen molar-refractivity contribution < 1.29 is 0 Å². The first kappa shape index (κ1) is 10.5. The molecule has 0 aliphatic rings. The van der Waals surface area contributed by atoms with E-state index in [1.807, 2.05) is 31.2 Å². The van der Waals surface area contributed by atoms with Crippen LogP contribution < -0.4 is 0 Å². The molecule has 0 fully saturated rings. The molecule has 1 aromatic rings. The van der Waals surface area contributed by atoms with Crippen LogP contribution in [0.5, 0.6) is 0 Å². The van der Waals surface area contributed by atoms with E-state index in [9.17, 15) is 0 Å². The summed E-state index contributed by atoms with van der Waals surface area (Å²) in [5, 5.41) is 0. The Bertz CT molecular complexity index is 340. The molecule has 0 aliphatic heterocycles. The van der Waals surface area contributed by atoms with Gasteiger partial charge in [-0.3, -0.25) is 0 Å². The second-order valence-electron chi connectivity index (χ2n) is 3.18. The molecule has 0 heteroatoms. The van der Waals surface area contributed by atoms with Crippen LogP contribution in [0.1, 0.15) is 19.4 Å². The Labute approximate surface area is 86.3 Å². The molecule has 1 aromatic carbocycles. The van der Waals surface area contributed by atoms with Crippen molar-refractivity contribution in [2.45, 2.75) is 13.8 Å². The highest BCUT2D eigenvalue weighted by Crippen LogP contribution is 2.02. The van der Waals surface area contributed by atoms with Crippen molar-refractivity contribution >= 4 is 6.08 Å². The van der Waals surface area contributed by atoms with Crippen LogP contribution in [0.4, 0.5) is 0 Å². The average Bonchev–Trinajstić information content (AvgIpc) is 2.20. The van der Waals surface area contributed by atoms with Gasteiger partial charge in [-0.2, -0.15) is 0 Å². The minimum absolute atomic E-state index is 1.23. The highest BCUT2D eigenvalue weighted by atomic mass is 13.9. The van der Waals surface area contributed by atoms with Crippen LogP contribution in [0, 0.1) is 0 Å². The third-order valence-corrected chi connectivity index (χ3v) is 1.88. The molecular formula is C14H16. The Morgan fingerprint density at radius 1 is 1.14 bits per heavy atom. The van der Waals surface area contributed by atoms with Gasteiger partial charge in [0.15, 0.2) is 0 Å². The second kappa shape index (κ2) is 5.98. The molecule has 0 aliphatic carbocycles. The summed E-state index contributed by atoms with van der Waals surface area (Å²) in [4.78, 5) is 0. The Morgan fingerprint density at radius 2 is 1.86 bits per heavy atom. The topological polar surface area (TPSA) is 0 Å². The van der Waals surface area contributed by atoms with Crippen molar-refractivity contribution in [2.24, 2.45) is 0 Å². The molecule has 0 saturated carbocycles. The molecule has 0 radical (unpaired) electrons. The van der Waals surface area contributed by atoms with E-state index in [1.165, 1.54) is 11.1 Å². The van der Waals surface area contributed by atoms with Crippen molar-refractivity contribution in [3.8, 4) is 0 Å². The van der Waals surface area contributed by atoms with E-state index in [4.69, 9.17) is 0 Å². The Morgan fingerprint density at radius 3 is 2.50 bits per heavy atom. The van der Waals surface area contributed by atoms with Gasteiger partial charge in [0.25, 0.3) is 0 Å². The summed E-state index contributed by atoms with van der Waals surface area (Å²) in [7, 11) is 0. The molecule has 0 unspecified atom stereocenters. The number of hydrogen-bond acceptors (Lipinski definition) is 0. The minimum atomic E-state index is 1.23. The van der Waals surface area contributed by atoms with Crippen LogP contribution in [-0.2, 0) is 0 Å². The zero-order valence-electron chi connectivity index (χ0n) is 8.77. The monoisotopic (exact) mass is 184 g/mol. The first-order chi connectivity index (χ1) is 6.83. The predicted octanol–water partition coefficient (Wildman–Crippen LogP) is 4.22. The van der Waals surface area contributed by atoms with Gasteiger partial charge in [-0.1, -0.05) is 66.3 Å². The van der Waals surface area contributed by atoms with Gasteiger partial charge in [0, 0.05) is 0 Å². The zero-order valence-corrected chi connectivity index (χ0v) is 8.77. The van der Waals surface area contributed by atoms with Crippen LogP contribution in [-0.4, -0.2) is 0 Å². The Kier molecular flexibility index (Phi) is 4.49. The van der Waals surface area contributed by atoms with Gasteiger partial charge < -0.3 is 0 Å². The molecule has 0 heterocycles. The summed E-state index contributed by atoms with van der Waals surface area (Å²) in [6.07, 6.45) is 10.4. The number of rotatable bonds is 3. The van der Waals surface area contributed by atoms with Gasteiger partial charge in [-0.05, 0) is 19.4 Å². The highest BCUT2D eigenvalue weighted by Gasteiger charge is 1.80. The fourth-order valence-corrected chi connectivity index (χ4v) is 1.19. The van der Waals surface area contributed by atoms with Crippen molar-refractivity contribution in [1.29, 1.82) is 0 Å². The quantitative estimate of drug-likeness (QED) is 0.617. The van der Waals surface area contributed by atoms with Gasteiger partial charge in [-0.15, -0.1) is 0 Å². The van der Waals surface area contributed by atoms with E-state index >= 15 is 0 Å². The maximum absolute atomic E-state index is 2.10. The highest BCUT2D eigenvalue weighted by molar-refractivity contribution is 5.51. The lowest BCUT2D eigenvalue weighted by molar-refractivity contribution is 1.50. The number of hydrogen-bond donors (Lipinski definition) is 0. The van der Waals surface area contributed by atoms with Crippen molar-refractivity contribution in [2.75, 3.05) is 0 Å². The fourth-order valence-electron chi connectivity index (χ4n) is 1.19. The molecule has 0 aromatic heterocycles. The van der Waals surface area contributed by atoms with E-state index in [0.29, 0.717) is 0 Å². The average molecular weight is 184 g/mol. The Balaban J connectivity index is 2.62. The van der Waals surface area contributed by atoms with Crippen LogP contribution >= 0.6 is 0 Å². The summed E-state index contributed by atoms with van der Waals surface area (Å²) in [5.41, 5.74) is 2.50. The molecule has 0 spiro atoms. The maximum Gasteiger partial charge on any atom is -0.0257 e. The van der Waals surface area contributed by atoms with Gasteiger partial charge in [0.2, 0.25) is 0 Å². The van der Waals surface area contributed by atoms with E-state index < -0.39 is 0 Å². The number of allylic oxidation sites excluding steroid dienone is 5. The van der Waals surface area contributed by atoms with Crippen LogP contribution in [0.2, 0.25) is 0 Å². The smallest absolute Gasteiger partial charge is 0.0257 e. The first-order valence-corrected chi connectivity index (χ1v) is 4.85. The second-order valence-corrected chi connectivity index (χ2v) is 3.18. The lowest BCUT2D eigenvalue weighted by atomic mass is 10.2. The van der Waals surface area contributed by atoms with Crippen molar-refractivity contribution in [3.63, 3.8) is 0 Å². The van der Waals surface area contributed by atoms with E-state index in [-0.39, 0.29) is 0 Å². The summed E-state index contributed by atoms with van der Waals surface area (Å²) >= 11 is 0. The number of benzene rings is 1. The lowest BCUT2D eigenvalue weighted by Crippen LogP contribution is -1.68. The molecule has 14 heavy (non-hydrogen) atoms. The normalized spacial score (nSPS) is 12.9. The van der Waals surface area contributed by atoms with Gasteiger partial charge >= 0.3 is 0 Å². The van der Waals surface area contributed by atoms with Gasteiger partial charge in [0.1, 0.15) is 0 Å². The first-order valence-electron chi connectivity index (χ1n) is 4.85. The predicted molar refractivity (Wildman–Crippen MR) is 64.0 cm³/mol. The van der Waals surface area contributed by atoms with Crippen LogP contribution in [0.15, 0.2) is 60.2 Å². The minimum Gasteiger partial charge on any atom is -0.0874 e. The SMILES string of the molecule is C\C=C/C(C)=C\C=C\c1ccccc1. The fraction of sp³-hybridized carbons (Fsp3) is 0.143. The summed E-state index contributed by atoms with van der Waals surface area (Å²) in [6, 6.07) is 10.3. The Hall–Kier alpha value is -1.56. The van der Waals surface area contributed by atoms with Crippen molar-refractivity contribution in [1.82, 2.24) is 0 Å². The molecule has 0 atom stereocenters. The molecule has 72 valence electrons. The summed E-state index contributed by atoms with van der Waals surface area (Å²) < 4.78 is 0. The van der Waals surface area contributed by atoms with Gasteiger partial charge in [-0.25, -0.2) is 0 Å². The zero-order chi connectivity index (χ0) is 10.2. The maximum atomic E-state index is 2.10. The molecule has 0 bridgehead atoms. The summed E-state index contributed by atoms with van der Waals surface area (Å²) in [6.45, 7) is 4.12. The van der Waals surface area contributed by atoms with Crippen LogP contribution in [0.25, 0.3) is 6.08 Å². The van der Waals surface area contributed by atoms with E-state index in [2.05, 4.69) is 43.4 Å². The molecular weight excluding hydrogens is 168 g/mol. The molecule has 0 N–H and O–H groups in total. The van der Waals surface area contributed by atoms with E-state index in [0.717, 1.165) is 0 Å². The third kappa shape index (κ3) is 3.90. The lowest BCUT2D eigenvalue weighted by Gasteiger charge is -1.90. The molecule has 0 amide bonds.